The number of carbonyl (C=O) groups excluding carboxylic acids is 2. The number of esters is 1. The van der Waals surface area contributed by atoms with E-state index in [1.54, 1.807) is 25.1 Å². The highest BCUT2D eigenvalue weighted by molar-refractivity contribution is 6.37. The smallest absolute Gasteiger partial charge is 0.338 e. The summed E-state index contributed by atoms with van der Waals surface area (Å²) in [6.07, 6.45) is 1.10. The minimum Gasteiger partial charge on any atom is -0.462 e. The molecule has 6 nitrogen and oxygen atoms in total. The van der Waals surface area contributed by atoms with Crippen molar-refractivity contribution in [3.63, 3.8) is 0 Å². The van der Waals surface area contributed by atoms with E-state index in [1.165, 1.54) is 5.56 Å². The van der Waals surface area contributed by atoms with Gasteiger partial charge in [0.1, 0.15) is 0 Å². The summed E-state index contributed by atoms with van der Waals surface area (Å²) in [6, 6.07) is 23.1. The third kappa shape index (κ3) is 5.18. The zero-order valence-corrected chi connectivity index (χ0v) is 19.5. The van der Waals surface area contributed by atoms with E-state index < -0.39 is 5.97 Å². The Morgan fingerprint density at radius 3 is 2.41 bits per heavy atom. The Morgan fingerprint density at radius 2 is 1.71 bits per heavy atom. The van der Waals surface area contributed by atoms with Crippen LogP contribution in [-0.2, 0) is 16.1 Å². The summed E-state index contributed by atoms with van der Waals surface area (Å²) in [6.45, 7) is 6.01. The topological polar surface area (TPSA) is 79.5 Å². The number of hydrogen-bond donors (Lipinski definition) is 3. The molecule has 0 bridgehead atoms. The van der Waals surface area contributed by atoms with Crippen molar-refractivity contribution in [3.05, 3.63) is 95.1 Å². The number of carbonyl (C=O) groups is 2. The van der Waals surface area contributed by atoms with E-state index in [4.69, 9.17) is 4.74 Å². The molecule has 1 aliphatic heterocycles. The molecule has 0 fully saturated rings. The highest BCUT2D eigenvalue weighted by atomic mass is 16.5. The lowest BCUT2D eigenvalue weighted by molar-refractivity contribution is -0.110. The van der Waals surface area contributed by atoms with Crippen molar-refractivity contribution in [1.82, 2.24) is 5.32 Å². The van der Waals surface area contributed by atoms with E-state index in [0.29, 0.717) is 29.1 Å². The Bertz CT molecular complexity index is 1200. The van der Waals surface area contributed by atoms with Crippen LogP contribution in [0.3, 0.4) is 0 Å². The zero-order valence-electron chi connectivity index (χ0n) is 19.5. The number of nitrogens with one attached hydrogen (secondary N) is 3. The average Bonchev–Trinajstić information content (AvgIpc) is 3.19. The summed E-state index contributed by atoms with van der Waals surface area (Å²) in [5.41, 5.74) is 5.96. The normalized spacial score (nSPS) is 13.8. The Hall–Kier alpha value is -3.90. The van der Waals surface area contributed by atoms with Gasteiger partial charge in [-0.1, -0.05) is 55.5 Å². The van der Waals surface area contributed by atoms with Crippen molar-refractivity contribution in [2.24, 2.45) is 0 Å². The van der Waals surface area contributed by atoms with Gasteiger partial charge in [0.2, 0.25) is 0 Å². The van der Waals surface area contributed by atoms with E-state index in [1.807, 2.05) is 42.5 Å². The van der Waals surface area contributed by atoms with Crippen molar-refractivity contribution in [1.29, 1.82) is 0 Å². The first kappa shape index (κ1) is 23.3. The first-order valence-electron chi connectivity index (χ1n) is 11.6. The van der Waals surface area contributed by atoms with Gasteiger partial charge in [0.05, 0.1) is 29.1 Å². The summed E-state index contributed by atoms with van der Waals surface area (Å²) >= 11 is 0. The van der Waals surface area contributed by atoms with E-state index >= 15 is 0 Å². The number of ether oxygens (including phenoxy) is 1. The van der Waals surface area contributed by atoms with Crippen LogP contribution in [-0.4, -0.2) is 25.0 Å². The molecule has 3 aromatic rings. The minimum absolute atomic E-state index is 0.220. The monoisotopic (exact) mass is 455 g/mol. The van der Waals surface area contributed by atoms with Crippen LogP contribution in [0.25, 0.3) is 11.3 Å². The van der Waals surface area contributed by atoms with Crippen LogP contribution in [0.1, 0.15) is 47.3 Å². The Balaban J connectivity index is 1.70. The summed E-state index contributed by atoms with van der Waals surface area (Å²) < 4.78 is 5.10. The summed E-state index contributed by atoms with van der Waals surface area (Å²) in [5, 5.41) is 9.78. The first-order valence-corrected chi connectivity index (χ1v) is 11.6. The van der Waals surface area contributed by atoms with Crippen LogP contribution in [0.4, 0.5) is 11.4 Å². The Labute approximate surface area is 200 Å². The number of anilines is 2. The van der Waals surface area contributed by atoms with E-state index in [2.05, 4.69) is 35.0 Å². The van der Waals surface area contributed by atoms with Gasteiger partial charge in [0.15, 0.2) is 0 Å². The standard InChI is InChI=1S/C28H29N3O3/c1-3-16-29-18-19-10-13-22(14-11-19)30-26(20-8-6-5-7-9-20)25-23-15-12-21(28(33)34-4-2)17-24(23)31-27(25)32/h5-15,17,29-30H,3-4,16,18H2,1-2H3,(H,31,32)/b26-25+. The van der Waals surface area contributed by atoms with Crippen LogP contribution < -0.4 is 16.0 Å². The summed E-state index contributed by atoms with van der Waals surface area (Å²) in [5.74, 6) is -0.630. The molecule has 4 rings (SSSR count). The van der Waals surface area contributed by atoms with Gasteiger partial charge in [-0.05, 0) is 55.3 Å². The molecule has 3 N–H and O–H groups in total. The van der Waals surface area contributed by atoms with Gasteiger partial charge in [0, 0.05) is 17.8 Å². The van der Waals surface area contributed by atoms with Gasteiger partial charge in [-0.3, -0.25) is 4.79 Å². The molecule has 0 aliphatic carbocycles. The lowest BCUT2D eigenvalue weighted by Gasteiger charge is -2.15. The molecule has 174 valence electrons. The molecule has 1 aliphatic rings. The molecule has 1 heterocycles. The predicted octanol–water partition coefficient (Wildman–Crippen LogP) is 5.30. The third-order valence-corrected chi connectivity index (χ3v) is 5.57. The van der Waals surface area contributed by atoms with Gasteiger partial charge in [-0.15, -0.1) is 0 Å². The molecule has 3 aromatic carbocycles. The van der Waals surface area contributed by atoms with Crippen molar-refractivity contribution in [2.45, 2.75) is 26.8 Å². The lowest BCUT2D eigenvalue weighted by atomic mass is 9.99. The zero-order chi connectivity index (χ0) is 23.9. The quantitative estimate of drug-likeness (QED) is 0.232. The molecule has 0 atom stereocenters. The van der Waals surface area contributed by atoms with Gasteiger partial charge in [0.25, 0.3) is 5.91 Å². The second kappa shape index (κ2) is 10.8. The third-order valence-electron chi connectivity index (χ3n) is 5.57. The van der Waals surface area contributed by atoms with Gasteiger partial charge in [-0.2, -0.15) is 0 Å². The molecule has 0 unspecified atom stereocenters. The van der Waals surface area contributed by atoms with Crippen LogP contribution in [0, 0.1) is 0 Å². The van der Waals surface area contributed by atoms with E-state index in [-0.39, 0.29) is 5.91 Å². The molecule has 0 saturated carbocycles. The first-order chi connectivity index (χ1) is 16.6. The maximum absolute atomic E-state index is 13.1. The van der Waals surface area contributed by atoms with Crippen LogP contribution in [0.2, 0.25) is 0 Å². The van der Waals surface area contributed by atoms with Crippen molar-refractivity contribution < 1.29 is 14.3 Å². The fourth-order valence-electron chi connectivity index (χ4n) is 3.91. The molecule has 0 aromatic heterocycles. The average molecular weight is 456 g/mol. The van der Waals surface area contributed by atoms with Crippen LogP contribution in [0.5, 0.6) is 0 Å². The number of rotatable bonds is 9. The molecule has 0 spiro atoms. The van der Waals surface area contributed by atoms with Crippen LogP contribution in [0.15, 0.2) is 72.8 Å². The summed E-state index contributed by atoms with van der Waals surface area (Å²) in [7, 11) is 0. The van der Waals surface area contributed by atoms with Gasteiger partial charge >= 0.3 is 5.97 Å². The fourth-order valence-corrected chi connectivity index (χ4v) is 3.91. The molecule has 0 radical (unpaired) electrons. The van der Waals surface area contributed by atoms with Crippen molar-refractivity contribution >= 4 is 34.5 Å². The molecule has 0 saturated heterocycles. The highest BCUT2D eigenvalue weighted by Gasteiger charge is 2.29. The molecule has 34 heavy (non-hydrogen) atoms. The minimum atomic E-state index is -0.410. The maximum atomic E-state index is 13.1. The Kier molecular flexibility index (Phi) is 7.40. The van der Waals surface area contributed by atoms with E-state index in [0.717, 1.165) is 36.3 Å². The predicted molar refractivity (Wildman–Crippen MR) is 136 cm³/mol. The highest BCUT2D eigenvalue weighted by Crippen LogP contribution is 2.38. The molecular formula is C28H29N3O3. The van der Waals surface area contributed by atoms with E-state index in [9.17, 15) is 9.59 Å². The van der Waals surface area contributed by atoms with Crippen molar-refractivity contribution in [2.75, 3.05) is 23.8 Å². The fraction of sp³-hybridized carbons (Fsp3) is 0.214. The molecular weight excluding hydrogens is 426 g/mol. The second-order valence-corrected chi connectivity index (χ2v) is 8.05. The number of hydrogen-bond acceptors (Lipinski definition) is 5. The number of amides is 1. The number of benzene rings is 3. The molecule has 1 amide bonds. The Morgan fingerprint density at radius 1 is 0.941 bits per heavy atom. The largest absolute Gasteiger partial charge is 0.462 e. The SMILES string of the molecule is CCCNCc1ccc(N/C(=C2/C(=O)Nc3cc(C(=O)OCC)ccc32)c2ccccc2)cc1. The lowest BCUT2D eigenvalue weighted by Crippen LogP contribution is -2.13. The number of fused-ring (bicyclic) bond motifs is 1. The van der Waals surface area contributed by atoms with Crippen LogP contribution >= 0.6 is 0 Å². The maximum Gasteiger partial charge on any atom is 0.338 e. The van der Waals surface area contributed by atoms with Gasteiger partial charge in [-0.25, -0.2) is 4.79 Å². The second-order valence-electron chi connectivity index (χ2n) is 8.05. The summed E-state index contributed by atoms with van der Waals surface area (Å²) in [4.78, 5) is 25.3. The van der Waals surface area contributed by atoms with Gasteiger partial charge < -0.3 is 20.7 Å². The van der Waals surface area contributed by atoms with Crippen molar-refractivity contribution in [3.8, 4) is 0 Å². The molecule has 6 heteroatoms.